The highest BCUT2D eigenvalue weighted by Crippen LogP contribution is 1.94. The van der Waals surface area contributed by atoms with Crippen LogP contribution in [-0.2, 0) is 9.59 Å². The molecule has 0 saturated heterocycles. The van der Waals surface area contributed by atoms with Crippen LogP contribution in [0.5, 0.6) is 0 Å². The topological polar surface area (TPSA) is 57.6 Å². The molecule has 0 spiro atoms. The van der Waals surface area contributed by atoms with Gasteiger partial charge in [0.1, 0.15) is 0 Å². The lowest BCUT2D eigenvalue weighted by atomic mass is 10.3. The van der Waals surface area contributed by atoms with Crippen molar-refractivity contribution in [3.8, 4) is 0 Å². The van der Waals surface area contributed by atoms with Crippen LogP contribution in [0.3, 0.4) is 0 Å². The maximum atomic E-state index is 11.2. The molecule has 4 nitrogen and oxygen atoms in total. The molecule has 0 saturated carbocycles. The Balaban J connectivity index is 3.97. The lowest BCUT2D eigenvalue weighted by molar-refractivity contribution is -0.137. The molecule has 0 aromatic heterocycles. The molecular weight excluding hydrogens is 170 g/mol. The highest BCUT2D eigenvalue weighted by atomic mass is 16.4. The van der Waals surface area contributed by atoms with Gasteiger partial charge in [-0.2, -0.15) is 0 Å². The van der Waals surface area contributed by atoms with Gasteiger partial charge in [0.05, 0.1) is 6.42 Å². The molecule has 0 aromatic carbocycles. The van der Waals surface area contributed by atoms with E-state index in [9.17, 15) is 9.59 Å². The van der Waals surface area contributed by atoms with Crippen molar-refractivity contribution in [3.05, 3.63) is 11.6 Å². The summed E-state index contributed by atoms with van der Waals surface area (Å²) in [6.45, 7) is 3.89. The summed E-state index contributed by atoms with van der Waals surface area (Å²) in [5.41, 5.74) is 0.909. The van der Waals surface area contributed by atoms with E-state index >= 15 is 0 Å². The summed E-state index contributed by atoms with van der Waals surface area (Å²) in [7, 11) is 1.59. The normalized spacial score (nSPS) is 9.15. The average molecular weight is 185 g/mol. The number of carboxylic acids is 1. The number of amides is 1. The molecule has 0 bridgehead atoms. The zero-order valence-corrected chi connectivity index (χ0v) is 8.20. The van der Waals surface area contributed by atoms with E-state index in [-0.39, 0.29) is 18.9 Å². The van der Waals surface area contributed by atoms with Gasteiger partial charge in [-0.25, -0.2) is 0 Å². The largest absolute Gasteiger partial charge is 0.481 e. The molecule has 13 heavy (non-hydrogen) atoms. The molecular formula is C9H15NO3. The van der Waals surface area contributed by atoms with Crippen molar-refractivity contribution in [1.29, 1.82) is 0 Å². The molecule has 4 heteroatoms. The standard InChI is InChI=1S/C9H15NO3/c1-7(2)6-8(11)10(3)5-4-9(12)13/h6H,4-5H2,1-3H3,(H,12,13). The number of carboxylic acid groups (broad SMARTS) is 1. The molecule has 0 aliphatic heterocycles. The third kappa shape index (κ3) is 5.90. The van der Waals surface area contributed by atoms with Crippen LogP contribution in [0.25, 0.3) is 0 Å². The SMILES string of the molecule is CC(C)=CC(=O)N(C)CCC(=O)O. The van der Waals surface area contributed by atoms with Crippen molar-refractivity contribution >= 4 is 11.9 Å². The van der Waals surface area contributed by atoms with Crippen LogP contribution in [0.15, 0.2) is 11.6 Å². The summed E-state index contributed by atoms with van der Waals surface area (Å²) < 4.78 is 0. The van der Waals surface area contributed by atoms with Gasteiger partial charge >= 0.3 is 5.97 Å². The Morgan fingerprint density at radius 3 is 2.31 bits per heavy atom. The van der Waals surface area contributed by atoms with E-state index in [0.29, 0.717) is 0 Å². The minimum atomic E-state index is -0.892. The maximum Gasteiger partial charge on any atom is 0.305 e. The summed E-state index contributed by atoms with van der Waals surface area (Å²) in [5.74, 6) is -1.04. The number of carbonyl (C=O) groups is 2. The van der Waals surface area contributed by atoms with E-state index in [1.54, 1.807) is 7.05 Å². The number of hydrogen-bond acceptors (Lipinski definition) is 2. The number of aliphatic carboxylic acids is 1. The monoisotopic (exact) mass is 185 g/mol. The van der Waals surface area contributed by atoms with E-state index in [4.69, 9.17) is 5.11 Å². The first kappa shape index (κ1) is 11.7. The van der Waals surface area contributed by atoms with E-state index in [1.807, 2.05) is 13.8 Å². The van der Waals surface area contributed by atoms with Crippen LogP contribution < -0.4 is 0 Å². The number of nitrogens with zero attached hydrogens (tertiary/aromatic N) is 1. The average Bonchev–Trinajstić information content (AvgIpc) is 1.98. The molecule has 0 fully saturated rings. The number of likely N-dealkylation sites (N-methyl/N-ethyl adjacent to an activating group) is 1. The molecule has 0 aliphatic carbocycles. The lowest BCUT2D eigenvalue weighted by Crippen LogP contribution is -2.27. The van der Waals surface area contributed by atoms with Gasteiger partial charge in [-0.05, 0) is 13.8 Å². The lowest BCUT2D eigenvalue weighted by Gasteiger charge is -2.13. The van der Waals surface area contributed by atoms with Crippen LogP contribution >= 0.6 is 0 Å². The van der Waals surface area contributed by atoms with Crippen molar-refractivity contribution in [2.75, 3.05) is 13.6 Å². The van der Waals surface area contributed by atoms with E-state index in [0.717, 1.165) is 5.57 Å². The third-order valence-corrected chi connectivity index (χ3v) is 1.45. The fourth-order valence-electron chi connectivity index (χ4n) is 0.731. The molecule has 0 unspecified atom stereocenters. The van der Waals surface area contributed by atoms with Gasteiger partial charge in [0.15, 0.2) is 0 Å². The van der Waals surface area contributed by atoms with Crippen LogP contribution in [0.2, 0.25) is 0 Å². The molecule has 0 heterocycles. The number of carbonyl (C=O) groups excluding carboxylic acids is 1. The Kier molecular flexibility index (Phi) is 4.80. The van der Waals surface area contributed by atoms with Crippen molar-refractivity contribution in [1.82, 2.24) is 4.90 Å². The Morgan fingerprint density at radius 1 is 1.38 bits per heavy atom. The first-order chi connectivity index (χ1) is 5.93. The summed E-state index contributed by atoms with van der Waals surface area (Å²) in [6.07, 6.45) is 1.47. The van der Waals surface area contributed by atoms with Crippen molar-refractivity contribution < 1.29 is 14.7 Å². The Hall–Kier alpha value is -1.32. The smallest absolute Gasteiger partial charge is 0.305 e. The van der Waals surface area contributed by atoms with Crippen molar-refractivity contribution in [2.24, 2.45) is 0 Å². The first-order valence-electron chi connectivity index (χ1n) is 4.05. The van der Waals surface area contributed by atoms with Crippen molar-refractivity contribution in [3.63, 3.8) is 0 Å². The van der Waals surface area contributed by atoms with Crippen LogP contribution in [0.4, 0.5) is 0 Å². The summed E-state index contributed by atoms with van der Waals surface area (Å²) in [5, 5.41) is 8.37. The fourth-order valence-corrected chi connectivity index (χ4v) is 0.731. The van der Waals surface area contributed by atoms with E-state index in [2.05, 4.69) is 0 Å². The highest BCUT2D eigenvalue weighted by Gasteiger charge is 2.06. The van der Waals surface area contributed by atoms with Gasteiger partial charge < -0.3 is 10.0 Å². The second-order valence-corrected chi connectivity index (χ2v) is 3.13. The van der Waals surface area contributed by atoms with Gasteiger partial charge in [-0.3, -0.25) is 9.59 Å². The minimum absolute atomic E-state index is 0.0150. The highest BCUT2D eigenvalue weighted by molar-refractivity contribution is 5.88. The fraction of sp³-hybridized carbons (Fsp3) is 0.556. The third-order valence-electron chi connectivity index (χ3n) is 1.45. The number of rotatable bonds is 4. The second-order valence-electron chi connectivity index (χ2n) is 3.13. The van der Waals surface area contributed by atoms with Gasteiger partial charge in [-0.1, -0.05) is 5.57 Å². The number of hydrogen-bond donors (Lipinski definition) is 1. The molecule has 1 N–H and O–H groups in total. The van der Waals surface area contributed by atoms with Gasteiger partial charge in [0.2, 0.25) is 5.91 Å². The van der Waals surface area contributed by atoms with Gasteiger partial charge in [-0.15, -0.1) is 0 Å². The summed E-state index contributed by atoms with van der Waals surface area (Å²) >= 11 is 0. The molecule has 0 aromatic rings. The molecule has 0 rings (SSSR count). The zero-order chi connectivity index (χ0) is 10.4. The molecule has 1 amide bonds. The maximum absolute atomic E-state index is 11.2. The Labute approximate surface area is 77.8 Å². The Morgan fingerprint density at radius 2 is 1.92 bits per heavy atom. The number of allylic oxidation sites excluding steroid dienone is 1. The second kappa shape index (κ2) is 5.35. The van der Waals surface area contributed by atoms with E-state index < -0.39 is 5.97 Å². The van der Waals surface area contributed by atoms with Crippen molar-refractivity contribution in [2.45, 2.75) is 20.3 Å². The predicted octanol–water partition coefficient (Wildman–Crippen LogP) is 0.886. The summed E-state index contributed by atoms with van der Waals surface area (Å²) in [6, 6.07) is 0. The minimum Gasteiger partial charge on any atom is -0.481 e. The first-order valence-corrected chi connectivity index (χ1v) is 4.05. The zero-order valence-electron chi connectivity index (χ0n) is 8.20. The summed E-state index contributed by atoms with van der Waals surface area (Å²) in [4.78, 5) is 22.8. The van der Waals surface area contributed by atoms with Gasteiger partial charge in [0.25, 0.3) is 0 Å². The molecule has 0 radical (unpaired) electrons. The van der Waals surface area contributed by atoms with Gasteiger partial charge in [0, 0.05) is 19.7 Å². The quantitative estimate of drug-likeness (QED) is 0.661. The van der Waals surface area contributed by atoms with Crippen LogP contribution in [-0.4, -0.2) is 35.5 Å². The van der Waals surface area contributed by atoms with Crippen LogP contribution in [0, 0.1) is 0 Å². The predicted molar refractivity (Wildman–Crippen MR) is 49.3 cm³/mol. The van der Waals surface area contributed by atoms with Crippen LogP contribution in [0.1, 0.15) is 20.3 Å². The van der Waals surface area contributed by atoms with E-state index in [1.165, 1.54) is 11.0 Å². The molecule has 74 valence electrons. The molecule has 0 aliphatic rings. The molecule has 0 atom stereocenters. The Bertz CT molecular complexity index is 229.